The van der Waals surface area contributed by atoms with Crippen LogP contribution < -0.4 is 0 Å². The summed E-state index contributed by atoms with van der Waals surface area (Å²) in [5, 5.41) is 0. The minimum absolute atomic E-state index is 0.255. The molecule has 1 nitrogen and oxygen atoms in total. The molecular weight excluding hydrogens is 172 g/mol. The van der Waals surface area contributed by atoms with Gasteiger partial charge in [0.1, 0.15) is 5.78 Å². The maximum Gasteiger partial charge on any atom is 0.136 e. The van der Waals surface area contributed by atoms with E-state index in [2.05, 4.69) is 27.4 Å². The summed E-state index contributed by atoms with van der Waals surface area (Å²) in [6.45, 7) is 10.6. The molecule has 0 heterocycles. The first kappa shape index (κ1) is 11.5. The van der Waals surface area contributed by atoms with Gasteiger partial charge in [-0.2, -0.15) is 0 Å². The van der Waals surface area contributed by atoms with Crippen molar-refractivity contribution < 1.29 is 4.79 Å². The molecule has 1 rings (SSSR count). The number of carbonyl (C=O) groups is 1. The van der Waals surface area contributed by atoms with Gasteiger partial charge in [0, 0.05) is 12.3 Å². The third kappa shape index (κ3) is 2.70. The van der Waals surface area contributed by atoms with E-state index in [4.69, 9.17) is 0 Å². The van der Waals surface area contributed by atoms with Crippen molar-refractivity contribution in [1.29, 1.82) is 0 Å². The summed E-state index contributed by atoms with van der Waals surface area (Å²) in [6.07, 6.45) is 5.67. The van der Waals surface area contributed by atoms with Gasteiger partial charge in [0.2, 0.25) is 0 Å². The molecule has 0 bridgehead atoms. The van der Waals surface area contributed by atoms with Crippen molar-refractivity contribution in [2.75, 3.05) is 0 Å². The molecule has 0 aromatic heterocycles. The number of allylic oxidation sites excluding steroid dienone is 1. The second-order valence-electron chi connectivity index (χ2n) is 5.52. The Bertz CT molecular complexity index is 222. The van der Waals surface area contributed by atoms with E-state index >= 15 is 0 Å². The van der Waals surface area contributed by atoms with Crippen LogP contribution in [0.15, 0.2) is 12.7 Å². The second kappa shape index (κ2) is 4.29. The SMILES string of the molecule is C=CC[C@H]1C[C@H](C(C)(C)C)CCC1=O. The lowest BCUT2D eigenvalue weighted by Gasteiger charge is -2.36. The van der Waals surface area contributed by atoms with Crippen LogP contribution in [0.3, 0.4) is 0 Å². The third-order valence-corrected chi connectivity index (χ3v) is 3.44. The zero-order valence-electron chi connectivity index (χ0n) is 9.68. The number of rotatable bonds is 2. The molecule has 0 aromatic rings. The average molecular weight is 194 g/mol. The highest BCUT2D eigenvalue weighted by molar-refractivity contribution is 5.81. The van der Waals surface area contributed by atoms with Gasteiger partial charge in [-0.25, -0.2) is 0 Å². The van der Waals surface area contributed by atoms with Crippen LogP contribution in [0.2, 0.25) is 0 Å². The van der Waals surface area contributed by atoms with Crippen LogP contribution in [0.4, 0.5) is 0 Å². The molecule has 1 saturated carbocycles. The summed E-state index contributed by atoms with van der Waals surface area (Å²) in [5.74, 6) is 1.40. The van der Waals surface area contributed by atoms with Crippen molar-refractivity contribution in [3.63, 3.8) is 0 Å². The predicted molar refractivity (Wildman–Crippen MR) is 60.1 cm³/mol. The Balaban J connectivity index is 2.62. The van der Waals surface area contributed by atoms with Crippen LogP contribution in [-0.2, 0) is 4.79 Å². The van der Waals surface area contributed by atoms with E-state index in [0.29, 0.717) is 17.1 Å². The average Bonchev–Trinajstić information content (AvgIpc) is 2.07. The molecule has 2 atom stereocenters. The van der Waals surface area contributed by atoms with Crippen LogP contribution in [0, 0.1) is 17.3 Å². The maximum atomic E-state index is 11.6. The summed E-state index contributed by atoms with van der Waals surface area (Å²) < 4.78 is 0. The van der Waals surface area contributed by atoms with E-state index < -0.39 is 0 Å². The Morgan fingerprint density at radius 1 is 1.50 bits per heavy atom. The molecule has 1 aliphatic carbocycles. The van der Waals surface area contributed by atoms with Crippen LogP contribution in [-0.4, -0.2) is 5.78 Å². The van der Waals surface area contributed by atoms with Gasteiger partial charge in [-0.1, -0.05) is 26.8 Å². The van der Waals surface area contributed by atoms with Crippen molar-refractivity contribution in [2.24, 2.45) is 17.3 Å². The van der Waals surface area contributed by atoms with Gasteiger partial charge in [-0.3, -0.25) is 4.79 Å². The third-order valence-electron chi connectivity index (χ3n) is 3.44. The number of hydrogen-bond donors (Lipinski definition) is 0. The number of carbonyl (C=O) groups excluding carboxylic acids is 1. The fraction of sp³-hybridized carbons (Fsp3) is 0.769. The van der Waals surface area contributed by atoms with Gasteiger partial charge in [0.25, 0.3) is 0 Å². The molecule has 1 heteroatoms. The summed E-state index contributed by atoms with van der Waals surface area (Å²) in [4.78, 5) is 11.6. The molecule has 1 aliphatic rings. The Labute approximate surface area is 87.6 Å². The lowest BCUT2D eigenvalue weighted by Crippen LogP contribution is -2.31. The highest BCUT2D eigenvalue weighted by Crippen LogP contribution is 2.39. The lowest BCUT2D eigenvalue weighted by atomic mass is 9.68. The van der Waals surface area contributed by atoms with E-state index in [1.807, 2.05) is 6.08 Å². The first-order chi connectivity index (χ1) is 6.45. The zero-order valence-corrected chi connectivity index (χ0v) is 9.68. The van der Waals surface area contributed by atoms with Crippen molar-refractivity contribution in [3.05, 3.63) is 12.7 Å². The Kier molecular flexibility index (Phi) is 3.52. The highest BCUT2D eigenvalue weighted by atomic mass is 16.1. The van der Waals surface area contributed by atoms with Gasteiger partial charge in [0.15, 0.2) is 0 Å². The molecule has 0 amide bonds. The van der Waals surface area contributed by atoms with Gasteiger partial charge in [-0.05, 0) is 30.6 Å². The first-order valence-corrected chi connectivity index (χ1v) is 5.58. The highest BCUT2D eigenvalue weighted by Gasteiger charge is 2.33. The molecule has 0 spiro atoms. The number of Topliss-reactive ketones (excluding diaryl/α,β-unsaturated/α-hetero) is 1. The van der Waals surface area contributed by atoms with Crippen molar-refractivity contribution in [3.8, 4) is 0 Å². The molecule has 0 saturated heterocycles. The van der Waals surface area contributed by atoms with Crippen molar-refractivity contribution in [1.82, 2.24) is 0 Å². The normalized spacial score (nSPS) is 28.9. The summed E-state index contributed by atoms with van der Waals surface area (Å²) in [6, 6.07) is 0. The minimum Gasteiger partial charge on any atom is -0.299 e. The van der Waals surface area contributed by atoms with E-state index in [-0.39, 0.29) is 5.92 Å². The van der Waals surface area contributed by atoms with E-state index in [0.717, 1.165) is 25.7 Å². The van der Waals surface area contributed by atoms with Crippen molar-refractivity contribution in [2.45, 2.75) is 46.5 Å². The quantitative estimate of drug-likeness (QED) is 0.614. The van der Waals surface area contributed by atoms with Crippen LogP contribution >= 0.6 is 0 Å². The van der Waals surface area contributed by atoms with E-state index in [1.165, 1.54) is 0 Å². The molecule has 0 aliphatic heterocycles. The van der Waals surface area contributed by atoms with Gasteiger partial charge in [-0.15, -0.1) is 6.58 Å². The summed E-state index contributed by atoms with van der Waals surface area (Å²) >= 11 is 0. The lowest BCUT2D eigenvalue weighted by molar-refractivity contribution is -0.126. The molecule has 1 fully saturated rings. The Morgan fingerprint density at radius 2 is 2.14 bits per heavy atom. The summed E-state index contributed by atoms with van der Waals surface area (Å²) in [7, 11) is 0. The monoisotopic (exact) mass is 194 g/mol. The van der Waals surface area contributed by atoms with Crippen LogP contribution in [0.25, 0.3) is 0 Å². The Morgan fingerprint density at radius 3 is 2.64 bits per heavy atom. The predicted octanol–water partition coefficient (Wildman–Crippen LogP) is 3.59. The molecular formula is C13H22O. The molecule has 80 valence electrons. The standard InChI is InChI=1S/C13H22O/c1-5-6-10-9-11(13(2,3)4)7-8-12(10)14/h5,10-11H,1,6-9H2,2-4H3/t10-,11+/m0/s1. The van der Waals surface area contributed by atoms with E-state index in [1.54, 1.807) is 0 Å². The fourth-order valence-electron chi connectivity index (χ4n) is 2.33. The number of ketones is 1. The van der Waals surface area contributed by atoms with Gasteiger partial charge >= 0.3 is 0 Å². The molecule has 0 unspecified atom stereocenters. The topological polar surface area (TPSA) is 17.1 Å². The Hall–Kier alpha value is -0.590. The first-order valence-electron chi connectivity index (χ1n) is 5.58. The van der Waals surface area contributed by atoms with Crippen LogP contribution in [0.5, 0.6) is 0 Å². The molecule has 0 N–H and O–H groups in total. The fourth-order valence-corrected chi connectivity index (χ4v) is 2.33. The van der Waals surface area contributed by atoms with Gasteiger partial charge < -0.3 is 0 Å². The maximum absolute atomic E-state index is 11.6. The second-order valence-corrected chi connectivity index (χ2v) is 5.52. The van der Waals surface area contributed by atoms with Crippen molar-refractivity contribution >= 4 is 5.78 Å². The molecule has 0 aromatic carbocycles. The molecule has 0 radical (unpaired) electrons. The zero-order chi connectivity index (χ0) is 10.8. The van der Waals surface area contributed by atoms with Crippen LogP contribution in [0.1, 0.15) is 46.5 Å². The smallest absolute Gasteiger partial charge is 0.136 e. The number of hydrogen-bond acceptors (Lipinski definition) is 1. The largest absolute Gasteiger partial charge is 0.299 e. The van der Waals surface area contributed by atoms with Gasteiger partial charge in [0.05, 0.1) is 0 Å². The molecule has 14 heavy (non-hydrogen) atoms. The minimum atomic E-state index is 0.255. The summed E-state index contributed by atoms with van der Waals surface area (Å²) in [5.41, 5.74) is 0.347. The van der Waals surface area contributed by atoms with E-state index in [9.17, 15) is 4.79 Å².